The molecule has 7 nitrogen and oxygen atoms in total. The number of para-hydroxylation sites is 1. The third-order valence-corrected chi connectivity index (χ3v) is 4.35. The quantitative estimate of drug-likeness (QED) is 0.748. The number of aromatic nitrogens is 1. The van der Waals surface area contributed by atoms with Gasteiger partial charge in [0, 0.05) is 37.7 Å². The number of nitrogens with zero attached hydrogens (tertiary/aromatic N) is 2. The number of carbonyl (C=O) groups is 2. The Morgan fingerprint density at radius 1 is 1.22 bits per heavy atom. The number of hydrogen-bond acceptors (Lipinski definition) is 4. The van der Waals surface area contributed by atoms with Crippen molar-refractivity contribution >= 4 is 30.0 Å². The molecule has 1 aromatic carbocycles. The Kier molecular flexibility index (Phi) is 7.57. The molecule has 3 N–H and O–H groups in total. The lowest BCUT2D eigenvalue weighted by Gasteiger charge is -2.37. The van der Waals surface area contributed by atoms with Gasteiger partial charge in [-0.05, 0) is 30.7 Å². The number of rotatable bonds is 4. The number of nitrogens with one attached hydrogen (secondary N) is 3. The number of urea groups is 1. The molecule has 144 valence electrons. The smallest absolute Gasteiger partial charge is 0.319 e. The van der Waals surface area contributed by atoms with Gasteiger partial charge < -0.3 is 20.9 Å². The van der Waals surface area contributed by atoms with Crippen molar-refractivity contribution in [1.29, 1.82) is 0 Å². The molecule has 0 saturated carbocycles. The average Bonchev–Trinajstić information content (AvgIpc) is 2.68. The third-order valence-electron chi connectivity index (χ3n) is 4.35. The lowest BCUT2D eigenvalue weighted by molar-refractivity contribution is -0.136. The summed E-state index contributed by atoms with van der Waals surface area (Å²) in [7, 11) is 0. The van der Waals surface area contributed by atoms with Crippen molar-refractivity contribution in [2.45, 2.75) is 19.0 Å². The highest BCUT2D eigenvalue weighted by atomic mass is 35.5. The van der Waals surface area contributed by atoms with Crippen molar-refractivity contribution < 1.29 is 9.59 Å². The van der Waals surface area contributed by atoms with Crippen molar-refractivity contribution in [2.75, 3.05) is 25.0 Å². The van der Waals surface area contributed by atoms with Gasteiger partial charge in [0.1, 0.15) is 6.04 Å². The van der Waals surface area contributed by atoms with Crippen LogP contribution in [0.4, 0.5) is 10.5 Å². The molecule has 0 bridgehead atoms. The largest absolute Gasteiger partial charge is 0.331 e. The van der Waals surface area contributed by atoms with Crippen LogP contribution < -0.4 is 16.0 Å². The molecule has 0 radical (unpaired) electrons. The topological polar surface area (TPSA) is 86.4 Å². The van der Waals surface area contributed by atoms with Gasteiger partial charge in [0.25, 0.3) is 0 Å². The highest BCUT2D eigenvalue weighted by molar-refractivity contribution is 5.93. The number of anilines is 1. The summed E-state index contributed by atoms with van der Waals surface area (Å²) in [5.74, 6) is -0.108. The van der Waals surface area contributed by atoms with E-state index in [2.05, 4.69) is 20.9 Å². The summed E-state index contributed by atoms with van der Waals surface area (Å²) in [5, 5.41) is 8.76. The number of pyridine rings is 1. The molecule has 3 rings (SSSR count). The lowest BCUT2D eigenvalue weighted by atomic mass is 10.0. The van der Waals surface area contributed by atoms with Crippen molar-refractivity contribution in [3.8, 4) is 0 Å². The molecule has 3 amide bonds. The summed E-state index contributed by atoms with van der Waals surface area (Å²) >= 11 is 0. The number of piperazine rings is 1. The fourth-order valence-corrected chi connectivity index (χ4v) is 3.03. The van der Waals surface area contributed by atoms with Gasteiger partial charge in [-0.1, -0.05) is 24.3 Å². The Morgan fingerprint density at radius 2 is 2.00 bits per heavy atom. The zero-order chi connectivity index (χ0) is 18.4. The Bertz CT molecular complexity index is 744. The number of hydrogen-bond donors (Lipinski definition) is 3. The average molecular weight is 390 g/mol. The highest BCUT2D eigenvalue weighted by Crippen LogP contribution is 2.22. The zero-order valence-corrected chi connectivity index (χ0v) is 15.9. The monoisotopic (exact) mass is 389 g/mol. The van der Waals surface area contributed by atoms with Crippen LogP contribution in [0, 0.1) is 0 Å². The van der Waals surface area contributed by atoms with E-state index < -0.39 is 12.1 Å². The van der Waals surface area contributed by atoms with Crippen LogP contribution in [0.25, 0.3) is 0 Å². The molecule has 2 unspecified atom stereocenters. The minimum Gasteiger partial charge on any atom is -0.331 e. The second kappa shape index (κ2) is 9.89. The normalized spacial score (nSPS) is 17.4. The van der Waals surface area contributed by atoms with Gasteiger partial charge in [0.2, 0.25) is 5.91 Å². The molecule has 1 fully saturated rings. The minimum atomic E-state index is -0.629. The zero-order valence-electron chi connectivity index (χ0n) is 15.1. The molecule has 1 saturated heterocycles. The van der Waals surface area contributed by atoms with Crippen molar-refractivity contribution in [2.24, 2.45) is 0 Å². The molecule has 2 aromatic rings. The second-order valence-electron chi connectivity index (χ2n) is 6.22. The van der Waals surface area contributed by atoms with Crippen LogP contribution in [0.1, 0.15) is 18.5 Å². The number of halogens is 1. The number of amides is 3. The first-order valence-electron chi connectivity index (χ1n) is 8.69. The Balaban J connectivity index is 0.00000261. The predicted octanol–water partition coefficient (Wildman–Crippen LogP) is 2.19. The summed E-state index contributed by atoms with van der Waals surface area (Å²) in [6, 6.07) is 11.8. The van der Waals surface area contributed by atoms with E-state index in [1.165, 1.54) is 0 Å². The minimum absolute atomic E-state index is 0. The maximum atomic E-state index is 12.9. The summed E-state index contributed by atoms with van der Waals surface area (Å²) in [6.07, 6.45) is 3.49. The van der Waals surface area contributed by atoms with Crippen molar-refractivity contribution in [3.63, 3.8) is 0 Å². The van der Waals surface area contributed by atoms with Crippen LogP contribution in [0.3, 0.4) is 0 Å². The van der Waals surface area contributed by atoms with Gasteiger partial charge in [0.15, 0.2) is 0 Å². The SMILES string of the molecule is CC(NC(=O)Nc1ccccc1)C(=O)N1CCNCC1c1cccnc1.Cl. The van der Waals surface area contributed by atoms with Crippen LogP contribution >= 0.6 is 12.4 Å². The molecule has 2 atom stereocenters. The molecule has 1 aliphatic heterocycles. The van der Waals surface area contributed by atoms with E-state index in [0.29, 0.717) is 18.8 Å². The molecule has 0 aliphatic carbocycles. The van der Waals surface area contributed by atoms with E-state index in [0.717, 1.165) is 12.1 Å². The van der Waals surface area contributed by atoms with Gasteiger partial charge in [-0.25, -0.2) is 4.79 Å². The van der Waals surface area contributed by atoms with E-state index in [9.17, 15) is 9.59 Å². The van der Waals surface area contributed by atoms with Crippen molar-refractivity contribution in [3.05, 3.63) is 60.4 Å². The Hall–Kier alpha value is -2.64. The van der Waals surface area contributed by atoms with Gasteiger partial charge >= 0.3 is 6.03 Å². The maximum Gasteiger partial charge on any atom is 0.319 e. The molecule has 1 aromatic heterocycles. The Morgan fingerprint density at radius 3 is 2.70 bits per heavy atom. The first kappa shape index (κ1) is 20.7. The van der Waals surface area contributed by atoms with E-state index >= 15 is 0 Å². The van der Waals surface area contributed by atoms with Gasteiger partial charge in [0.05, 0.1) is 6.04 Å². The van der Waals surface area contributed by atoms with Crippen LogP contribution in [-0.4, -0.2) is 47.5 Å². The molecule has 0 spiro atoms. The van der Waals surface area contributed by atoms with E-state index in [1.807, 2.05) is 30.3 Å². The molecule has 27 heavy (non-hydrogen) atoms. The molecular formula is C19H24ClN5O2. The van der Waals surface area contributed by atoms with Crippen molar-refractivity contribution in [1.82, 2.24) is 20.5 Å². The predicted molar refractivity (Wildman–Crippen MR) is 107 cm³/mol. The number of carbonyl (C=O) groups excluding carboxylic acids is 2. The van der Waals surface area contributed by atoms with Crippen LogP contribution in [0.5, 0.6) is 0 Å². The highest BCUT2D eigenvalue weighted by Gasteiger charge is 2.31. The van der Waals surface area contributed by atoms with Gasteiger partial charge in [-0.3, -0.25) is 9.78 Å². The van der Waals surface area contributed by atoms with E-state index in [-0.39, 0.29) is 24.4 Å². The third kappa shape index (κ3) is 5.42. The molecule has 2 heterocycles. The fraction of sp³-hybridized carbons (Fsp3) is 0.316. The Labute approximate surface area is 165 Å². The molecule has 8 heteroatoms. The molecule has 1 aliphatic rings. The summed E-state index contributed by atoms with van der Waals surface area (Å²) in [4.78, 5) is 31.0. The second-order valence-corrected chi connectivity index (χ2v) is 6.22. The van der Waals surface area contributed by atoms with Gasteiger partial charge in [-0.15, -0.1) is 12.4 Å². The summed E-state index contributed by atoms with van der Waals surface area (Å²) in [6.45, 7) is 3.69. The van der Waals surface area contributed by atoms with E-state index in [4.69, 9.17) is 0 Å². The summed E-state index contributed by atoms with van der Waals surface area (Å²) in [5.41, 5.74) is 1.66. The van der Waals surface area contributed by atoms with E-state index in [1.54, 1.807) is 36.4 Å². The number of benzene rings is 1. The lowest BCUT2D eigenvalue weighted by Crippen LogP contribution is -2.54. The fourth-order valence-electron chi connectivity index (χ4n) is 3.03. The standard InChI is InChI=1S/C19H23N5O2.ClH/c1-14(22-19(26)23-16-7-3-2-4-8-16)18(25)24-11-10-21-13-17(24)15-6-5-9-20-12-15;/h2-9,12,14,17,21H,10-11,13H2,1H3,(H2,22,23,26);1H. The molecular weight excluding hydrogens is 366 g/mol. The first-order valence-corrected chi connectivity index (χ1v) is 8.69. The maximum absolute atomic E-state index is 12.9. The summed E-state index contributed by atoms with van der Waals surface area (Å²) < 4.78 is 0. The van der Waals surface area contributed by atoms with Gasteiger partial charge in [-0.2, -0.15) is 0 Å². The first-order chi connectivity index (χ1) is 12.6. The van der Waals surface area contributed by atoms with Crippen LogP contribution in [-0.2, 0) is 4.79 Å². The van der Waals surface area contributed by atoms with Crippen LogP contribution in [0.2, 0.25) is 0 Å². The van der Waals surface area contributed by atoms with Crippen LogP contribution in [0.15, 0.2) is 54.9 Å².